The van der Waals surface area contributed by atoms with Crippen LogP contribution in [0.5, 0.6) is 5.75 Å². The highest BCUT2D eigenvalue weighted by Gasteiger charge is 2.22. The van der Waals surface area contributed by atoms with Crippen LogP contribution in [0.3, 0.4) is 0 Å². The second-order valence-corrected chi connectivity index (χ2v) is 5.50. The molecule has 0 aliphatic rings. The Balaban J connectivity index is 2.09. The standard InChI is InChI=1S/C17H17NO4S/c1-11(15(19)12-6-8-13(21-2)9-7-12)22-17(20)14-5-4-10-18-16(14)23-3/h4-11H,1-3H3/t11-/m0/s1. The largest absolute Gasteiger partial charge is 0.497 e. The third-order valence-electron chi connectivity index (χ3n) is 3.21. The molecule has 0 fully saturated rings. The van der Waals surface area contributed by atoms with E-state index in [-0.39, 0.29) is 5.78 Å². The molecular weight excluding hydrogens is 314 g/mol. The molecule has 0 N–H and O–H groups in total. The van der Waals surface area contributed by atoms with Gasteiger partial charge in [-0.05, 0) is 49.6 Å². The van der Waals surface area contributed by atoms with E-state index in [1.54, 1.807) is 56.6 Å². The van der Waals surface area contributed by atoms with Gasteiger partial charge in [0.05, 0.1) is 12.7 Å². The van der Waals surface area contributed by atoms with E-state index in [1.165, 1.54) is 11.8 Å². The topological polar surface area (TPSA) is 65.5 Å². The van der Waals surface area contributed by atoms with Gasteiger partial charge in [-0.2, -0.15) is 0 Å². The Hall–Kier alpha value is -2.34. The number of carbonyl (C=O) groups excluding carboxylic acids is 2. The highest BCUT2D eigenvalue weighted by Crippen LogP contribution is 2.19. The lowest BCUT2D eigenvalue weighted by molar-refractivity contribution is 0.0314. The van der Waals surface area contributed by atoms with Gasteiger partial charge in [0, 0.05) is 11.8 Å². The van der Waals surface area contributed by atoms with Gasteiger partial charge < -0.3 is 9.47 Å². The first-order valence-electron chi connectivity index (χ1n) is 6.95. The van der Waals surface area contributed by atoms with E-state index in [0.717, 1.165) is 0 Å². The molecule has 1 heterocycles. The molecule has 0 radical (unpaired) electrons. The molecule has 0 saturated heterocycles. The summed E-state index contributed by atoms with van der Waals surface area (Å²) in [6, 6.07) is 9.95. The molecule has 0 aliphatic heterocycles. The predicted molar refractivity (Wildman–Crippen MR) is 88.2 cm³/mol. The molecule has 0 saturated carbocycles. The summed E-state index contributed by atoms with van der Waals surface area (Å²) in [5.74, 6) is -0.168. The third-order valence-corrected chi connectivity index (χ3v) is 3.92. The normalized spacial score (nSPS) is 11.6. The van der Waals surface area contributed by atoms with Crippen molar-refractivity contribution in [1.82, 2.24) is 4.98 Å². The summed E-state index contributed by atoms with van der Waals surface area (Å²) < 4.78 is 10.3. The molecule has 5 nitrogen and oxygen atoms in total. The Morgan fingerprint density at radius 1 is 1.17 bits per heavy atom. The number of rotatable bonds is 6. The zero-order chi connectivity index (χ0) is 16.8. The lowest BCUT2D eigenvalue weighted by Gasteiger charge is -2.13. The van der Waals surface area contributed by atoms with E-state index in [0.29, 0.717) is 21.9 Å². The number of aromatic nitrogens is 1. The molecule has 23 heavy (non-hydrogen) atoms. The minimum atomic E-state index is -0.884. The quantitative estimate of drug-likeness (QED) is 0.460. The minimum Gasteiger partial charge on any atom is -0.497 e. The number of ketones is 1. The average molecular weight is 331 g/mol. The van der Waals surface area contributed by atoms with Gasteiger partial charge in [0.2, 0.25) is 5.78 Å². The molecule has 0 unspecified atom stereocenters. The number of carbonyl (C=O) groups is 2. The number of hydrogen-bond acceptors (Lipinski definition) is 6. The summed E-state index contributed by atoms with van der Waals surface area (Å²) in [6.07, 6.45) is 2.55. The number of esters is 1. The van der Waals surface area contributed by atoms with E-state index in [2.05, 4.69) is 4.98 Å². The molecule has 2 rings (SSSR count). The van der Waals surface area contributed by atoms with Crippen LogP contribution in [0.1, 0.15) is 27.6 Å². The van der Waals surface area contributed by atoms with E-state index < -0.39 is 12.1 Å². The van der Waals surface area contributed by atoms with Crippen molar-refractivity contribution in [3.63, 3.8) is 0 Å². The second-order valence-electron chi connectivity index (χ2n) is 4.70. The van der Waals surface area contributed by atoms with E-state index in [4.69, 9.17) is 9.47 Å². The summed E-state index contributed by atoms with van der Waals surface area (Å²) in [6.45, 7) is 1.56. The van der Waals surface area contributed by atoms with Gasteiger partial charge in [-0.1, -0.05) is 0 Å². The van der Waals surface area contributed by atoms with Crippen molar-refractivity contribution in [1.29, 1.82) is 0 Å². The van der Waals surface area contributed by atoms with Crippen molar-refractivity contribution in [2.24, 2.45) is 0 Å². The minimum absolute atomic E-state index is 0.268. The van der Waals surface area contributed by atoms with Crippen molar-refractivity contribution < 1.29 is 19.1 Å². The molecule has 2 aromatic rings. The highest BCUT2D eigenvalue weighted by molar-refractivity contribution is 7.98. The molecule has 120 valence electrons. The van der Waals surface area contributed by atoms with Crippen LogP contribution in [0.25, 0.3) is 0 Å². The van der Waals surface area contributed by atoms with Crippen LogP contribution in [-0.2, 0) is 4.74 Å². The maximum atomic E-state index is 12.3. The monoisotopic (exact) mass is 331 g/mol. The molecular formula is C17H17NO4S. The van der Waals surface area contributed by atoms with Crippen molar-refractivity contribution in [2.75, 3.05) is 13.4 Å². The van der Waals surface area contributed by atoms with Crippen molar-refractivity contribution in [3.05, 3.63) is 53.7 Å². The van der Waals surface area contributed by atoms with E-state index in [9.17, 15) is 9.59 Å². The molecule has 0 aliphatic carbocycles. The van der Waals surface area contributed by atoms with Crippen LogP contribution in [0, 0.1) is 0 Å². The van der Waals surface area contributed by atoms with E-state index >= 15 is 0 Å². The zero-order valence-corrected chi connectivity index (χ0v) is 13.9. The molecule has 0 amide bonds. The molecule has 1 aromatic carbocycles. The Morgan fingerprint density at radius 2 is 1.87 bits per heavy atom. The first-order valence-corrected chi connectivity index (χ1v) is 8.17. The summed E-state index contributed by atoms with van der Waals surface area (Å²) in [5, 5.41) is 0.571. The SMILES string of the molecule is COc1ccc(C(=O)[C@H](C)OC(=O)c2cccnc2SC)cc1. The van der Waals surface area contributed by atoms with Gasteiger partial charge >= 0.3 is 5.97 Å². The van der Waals surface area contributed by atoms with Crippen molar-refractivity contribution in [3.8, 4) is 5.75 Å². The Bertz CT molecular complexity index is 700. The fraction of sp³-hybridized carbons (Fsp3) is 0.235. The van der Waals surface area contributed by atoms with Crippen molar-refractivity contribution in [2.45, 2.75) is 18.1 Å². The Kier molecular flexibility index (Phi) is 5.76. The lowest BCUT2D eigenvalue weighted by atomic mass is 10.1. The number of Topliss-reactive ketones (excluding diaryl/α,β-unsaturated/α-hetero) is 1. The Morgan fingerprint density at radius 3 is 2.48 bits per heavy atom. The summed E-state index contributed by atoms with van der Waals surface area (Å²) in [4.78, 5) is 28.7. The molecule has 1 aromatic heterocycles. The number of hydrogen-bond donors (Lipinski definition) is 0. The highest BCUT2D eigenvalue weighted by atomic mass is 32.2. The fourth-order valence-electron chi connectivity index (χ4n) is 1.98. The Labute approximate surface area is 139 Å². The maximum Gasteiger partial charge on any atom is 0.341 e. The maximum absolute atomic E-state index is 12.3. The van der Waals surface area contributed by atoms with Crippen LogP contribution >= 0.6 is 11.8 Å². The fourth-order valence-corrected chi connectivity index (χ4v) is 2.51. The predicted octanol–water partition coefficient (Wildman–Crippen LogP) is 3.24. The number of thioether (sulfide) groups is 1. The summed E-state index contributed by atoms with van der Waals surface area (Å²) in [7, 11) is 1.55. The van der Waals surface area contributed by atoms with Crippen LogP contribution in [-0.4, -0.2) is 36.2 Å². The van der Waals surface area contributed by atoms with Crippen LogP contribution in [0.15, 0.2) is 47.6 Å². The molecule has 6 heteroatoms. The van der Waals surface area contributed by atoms with E-state index in [1.807, 2.05) is 6.26 Å². The molecule has 1 atom stereocenters. The smallest absolute Gasteiger partial charge is 0.341 e. The number of pyridine rings is 1. The van der Waals surface area contributed by atoms with Crippen molar-refractivity contribution >= 4 is 23.5 Å². The summed E-state index contributed by atoms with van der Waals surface area (Å²) >= 11 is 1.35. The van der Waals surface area contributed by atoms with Gasteiger partial charge in [-0.25, -0.2) is 9.78 Å². The number of benzene rings is 1. The first-order chi connectivity index (χ1) is 11.1. The number of nitrogens with zero attached hydrogens (tertiary/aromatic N) is 1. The molecule has 0 spiro atoms. The summed E-state index contributed by atoms with van der Waals surface area (Å²) in [5.41, 5.74) is 0.816. The number of methoxy groups -OCH3 is 1. The zero-order valence-electron chi connectivity index (χ0n) is 13.1. The first kappa shape index (κ1) is 17.0. The second kappa shape index (κ2) is 7.78. The van der Waals surface area contributed by atoms with Gasteiger partial charge in [-0.15, -0.1) is 11.8 Å². The average Bonchev–Trinajstić information content (AvgIpc) is 2.60. The number of ether oxygens (including phenoxy) is 2. The van der Waals surface area contributed by atoms with Crippen LogP contribution < -0.4 is 4.74 Å². The van der Waals surface area contributed by atoms with Crippen LogP contribution in [0.4, 0.5) is 0 Å². The third kappa shape index (κ3) is 4.10. The van der Waals surface area contributed by atoms with Gasteiger partial charge in [0.25, 0.3) is 0 Å². The van der Waals surface area contributed by atoms with Gasteiger partial charge in [0.15, 0.2) is 6.10 Å². The lowest BCUT2D eigenvalue weighted by Crippen LogP contribution is -2.24. The van der Waals surface area contributed by atoms with Gasteiger partial charge in [-0.3, -0.25) is 4.79 Å². The van der Waals surface area contributed by atoms with Crippen LogP contribution in [0.2, 0.25) is 0 Å². The molecule has 0 bridgehead atoms. The van der Waals surface area contributed by atoms with Gasteiger partial charge in [0.1, 0.15) is 10.8 Å².